The minimum atomic E-state index is -3.18. The lowest BCUT2D eigenvalue weighted by molar-refractivity contribution is 0.466. The zero-order valence-electron chi connectivity index (χ0n) is 13.0. The largest absolute Gasteiger partial charge is 0.459 e. The Morgan fingerprint density at radius 1 is 1.19 bits per heavy atom. The molecule has 0 radical (unpaired) electrons. The van der Waals surface area contributed by atoms with Crippen molar-refractivity contribution in [1.29, 1.82) is 0 Å². The molecule has 116 valence electrons. The SMILES string of the molecule is CNC(CS(=O)(=O)C(C)C(C)C)c1cc2ccccc2o1. The van der Waals surface area contributed by atoms with Crippen molar-refractivity contribution in [3.63, 3.8) is 0 Å². The Morgan fingerprint density at radius 2 is 1.86 bits per heavy atom. The molecule has 0 aliphatic heterocycles. The number of para-hydroxylation sites is 1. The highest BCUT2D eigenvalue weighted by molar-refractivity contribution is 7.92. The second-order valence-corrected chi connectivity index (χ2v) is 8.21. The molecular formula is C16H23NO3S. The Bertz CT molecular complexity index is 670. The van der Waals surface area contributed by atoms with Crippen LogP contribution in [0.5, 0.6) is 0 Å². The van der Waals surface area contributed by atoms with Crippen LogP contribution in [0.1, 0.15) is 32.6 Å². The van der Waals surface area contributed by atoms with Crippen LogP contribution in [0.25, 0.3) is 11.0 Å². The fourth-order valence-electron chi connectivity index (χ4n) is 2.28. The van der Waals surface area contributed by atoms with Crippen LogP contribution in [0.4, 0.5) is 0 Å². The molecule has 0 aliphatic carbocycles. The maximum Gasteiger partial charge on any atom is 0.155 e. The lowest BCUT2D eigenvalue weighted by Crippen LogP contribution is -2.32. The third-order valence-corrected chi connectivity index (χ3v) is 6.52. The quantitative estimate of drug-likeness (QED) is 0.890. The molecule has 0 bridgehead atoms. The molecule has 1 aromatic heterocycles. The predicted octanol–water partition coefficient (Wildman–Crippen LogP) is 3.15. The van der Waals surface area contributed by atoms with Gasteiger partial charge in [-0.2, -0.15) is 0 Å². The summed E-state index contributed by atoms with van der Waals surface area (Å²) in [5, 5.41) is 3.68. The van der Waals surface area contributed by atoms with Crippen molar-refractivity contribution < 1.29 is 12.8 Å². The van der Waals surface area contributed by atoms with E-state index < -0.39 is 9.84 Å². The molecule has 2 rings (SSSR count). The molecular weight excluding hydrogens is 286 g/mol. The van der Waals surface area contributed by atoms with Gasteiger partial charge in [-0.3, -0.25) is 0 Å². The fourth-order valence-corrected chi connectivity index (χ4v) is 4.21. The lowest BCUT2D eigenvalue weighted by atomic mass is 10.2. The Morgan fingerprint density at radius 3 is 2.43 bits per heavy atom. The highest BCUT2D eigenvalue weighted by Crippen LogP contribution is 2.26. The van der Waals surface area contributed by atoms with Crippen molar-refractivity contribution in [2.45, 2.75) is 32.1 Å². The molecule has 0 saturated carbocycles. The molecule has 2 atom stereocenters. The van der Waals surface area contributed by atoms with E-state index in [2.05, 4.69) is 5.32 Å². The van der Waals surface area contributed by atoms with Crippen molar-refractivity contribution in [1.82, 2.24) is 5.32 Å². The third-order valence-electron chi connectivity index (χ3n) is 4.04. The van der Waals surface area contributed by atoms with Gasteiger partial charge in [0.1, 0.15) is 11.3 Å². The monoisotopic (exact) mass is 309 g/mol. The van der Waals surface area contributed by atoms with Crippen LogP contribution in [0.15, 0.2) is 34.7 Å². The summed E-state index contributed by atoms with van der Waals surface area (Å²) in [5.41, 5.74) is 0.780. The number of rotatable bonds is 6. The Kier molecular flexibility index (Phi) is 4.74. The van der Waals surface area contributed by atoms with Crippen molar-refractivity contribution in [3.8, 4) is 0 Å². The molecule has 0 aliphatic rings. The maximum atomic E-state index is 12.4. The number of benzene rings is 1. The molecule has 0 fully saturated rings. The van der Waals surface area contributed by atoms with E-state index in [9.17, 15) is 8.42 Å². The van der Waals surface area contributed by atoms with Crippen LogP contribution in [0.2, 0.25) is 0 Å². The number of hydrogen-bond donors (Lipinski definition) is 1. The van der Waals surface area contributed by atoms with Gasteiger partial charge in [0.15, 0.2) is 9.84 Å². The summed E-state index contributed by atoms with van der Waals surface area (Å²) in [6, 6.07) is 9.27. The van der Waals surface area contributed by atoms with E-state index in [1.165, 1.54) is 0 Å². The van der Waals surface area contributed by atoms with E-state index >= 15 is 0 Å². The molecule has 0 saturated heterocycles. The summed E-state index contributed by atoms with van der Waals surface area (Å²) in [5.74, 6) is 0.810. The van der Waals surface area contributed by atoms with Crippen LogP contribution in [-0.4, -0.2) is 26.5 Å². The van der Waals surface area contributed by atoms with Gasteiger partial charge in [-0.1, -0.05) is 32.0 Å². The zero-order valence-corrected chi connectivity index (χ0v) is 13.8. The van der Waals surface area contributed by atoms with Crippen LogP contribution < -0.4 is 5.32 Å². The normalized spacial score (nSPS) is 15.5. The van der Waals surface area contributed by atoms with Crippen LogP contribution in [-0.2, 0) is 9.84 Å². The molecule has 1 heterocycles. The first-order chi connectivity index (χ1) is 9.85. The second-order valence-electron chi connectivity index (χ2n) is 5.81. The van der Waals surface area contributed by atoms with Crippen LogP contribution >= 0.6 is 0 Å². The third kappa shape index (κ3) is 3.47. The number of fused-ring (bicyclic) bond motifs is 1. The van der Waals surface area contributed by atoms with E-state index in [0.29, 0.717) is 5.76 Å². The second kappa shape index (κ2) is 6.20. The summed E-state index contributed by atoms with van der Waals surface area (Å²) in [4.78, 5) is 0. The summed E-state index contributed by atoms with van der Waals surface area (Å²) >= 11 is 0. The van der Waals surface area contributed by atoms with Gasteiger partial charge < -0.3 is 9.73 Å². The van der Waals surface area contributed by atoms with E-state index in [1.54, 1.807) is 14.0 Å². The fraction of sp³-hybridized carbons (Fsp3) is 0.500. The molecule has 5 heteroatoms. The summed E-state index contributed by atoms with van der Waals surface area (Å²) in [6.45, 7) is 5.63. The average molecular weight is 309 g/mol. The van der Waals surface area contributed by atoms with E-state index in [-0.39, 0.29) is 23.0 Å². The molecule has 2 aromatic rings. The number of sulfone groups is 1. The summed E-state index contributed by atoms with van der Waals surface area (Å²) in [7, 11) is -1.42. The van der Waals surface area contributed by atoms with Gasteiger partial charge in [0, 0.05) is 5.39 Å². The number of hydrogen-bond acceptors (Lipinski definition) is 4. The van der Waals surface area contributed by atoms with E-state index in [0.717, 1.165) is 11.0 Å². The average Bonchev–Trinajstić information content (AvgIpc) is 2.87. The standard InChI is InChI=1S/C16H23NO3S/c1-11(2)12(3)21(18,19)10-14(17-4)16-9-13-7-5-6-8-15(13)20-16/h5-9,11-12,14,17H,10H2,1-4H3. The molecule has 1 N–H and O–H groups in total. The van der Waals surface area contributed by atoms with Gasteiger partial charge in [0.2, 0.25) is 0 Å². The van der Waals surface area contributed by atoms with Crippen molar-refractivity contribution >= 4 is 20.8 Å². The van der Waals surface area contributed by atoms with Gasteiger partial charge in [-0.25, -0.2) is 8.42 Å². The minimum absolute atomic E-state index is 0.0443. The zero-order chi connectivity index (χ0) is 15.6. The van der Waals surface area contributed by atoms with Gasteiger partial charge in [0.25, 0.3) is 0 Å². The first kappa shape index (κ1) is 16.0. The number of nitrogens with one attached hydrogen (secondary N) is 1. The molecule has 21 heavy (non-hydrogen) atoms. The Labute approximate surface area is 126 Å². The lowest BCUT2D eigenvalue weighted by Gasteiger charge is -2.20. The topological polar surface area (TPSA) is 59.3 Å². The molecule has 0 spiro atoms. The molecule has 0 amide bonds. The predicted molar refractivity (Wildman–Crippen MR) is 86.1 cm³/mol. The molecule has 1 aromatic carbocycles. The van der Waals surface area contributed by atoms with Crippen LogP contribution in [0, 0.1) is 5.92 Å². The van der Waals surface area contributed by atoms with Gasteiger partial charge in [0.05, 0.1) is 17.0 Å². The van der Waals surface area contributed by atoms with Gasteiger partial charge in [-0.15, -0.1) is 0 Å². The Balaban J connectivity index is 2.28. The van der Waals surface area contributed by atoms with E-state index in [1.807, 2.05) is 44.2 Å². The number of furan rings is 1. The molecule has 2 unspecified atom stereocenters. The highest BCUT2D eigenvalue weighted by atomic mass is 32.2. The van der Waals surface area contributed by atoms with Crippen molar-refractivity contribution in [2.75, 3.05) is 12.8 Å². The summed E-state index contributed by atoms with van der Waals surface area (Å²) in [6.07, 6.45) is 0. The first-order valence-corrected chi connectivity index (χ1v) is 8.94. The van der Waals surface area contributed by atoms with Crippen molar-refractivity contribution in [3.05, 3.63) is 36.1 Å². The van der Waals surface area contributed by atoms with Crippen molar-refractivity contribution in [2.24, 2.45) is 5.92 Å². The maximum absolute atomic E-state index is 12.4. The Hall–Kier alpha value is -1.33. The smallest absolute Gasteiger partial charge is 0.155 e. The van der Waals surface area contributed by atoms with Gasteiger partial charge >= 0.3 is 0 Å². The van der Waals surface area contributed by atoms with E-state index in [4.69, 9.17) is 4.42 Å². The summed E-state index contributed by atoms with van der Waals surface area (Å²) < 4.78 is 30.7. The first-order valence-electron chi connectivity index (χ1n) is 7.22. The molecule has 4 nitrogen and oxygen atoms in total. The van der Waals surface area contributed by atoms with Crippen LogP contribution in [0.3, 0.4) is 0 Å². The highest BCUT2D eigenvalue weighted by Gasteiger charge is 2.29. The van der Waals surface area contributed by atoms with Gasteiger partial charge in [-0.05, 0) is 32.0 Å². The minimum Gasteiger partial charge on any atom is -0.459 e.